The lowest BCUT2D eigenvalue weighted by Gasteiger charge is -1.99. The van der Waals surface area contributed by atoms with Gasteiger partial charge in [-0.15, -0.1) is 5.10 Å². The van der Waals surface area contributed by atoms with Crippen LogP contribution < -0.4 is 5.73 Å². The maximum Gasteiger partial charge on any atom is 0.180 e. The highest BCUT2D eigenvalue weighted by atomic mass is 32.2. The van der Waals surface area contributed by atoms with Crippen LogP contribution in [-0.4, -0.2) is 17.1 Å². The Morgan fingerprint density at radius 2 is 2.42 bits per heavy atom. The summed E-state index contributed by atoms with van der Waals surface area (Å²) in [6.07, 6.45) is 5.48. The first-order chi connectivity index (χ1) is 5.74. The van der Waals surface area contributed by atoms with Gasteiger partial charge in [-0.1, -0.05) is 18.7 Å². The number of hydrogen-bond acceptors (Lipinski definition) is 3. The molecule has 0 saturated heterocycles. The lowest BCUT2D eigenvalue weighted by atomic mass is 10.1. The van der Waals surface area contributed by atoms with Crippen molar-refractivity contribution < 1.29 is 0 Å². The first-order valence-corrected chi connectivity index (χ1v) is 5.40. The highest BCUT2D eigenvalue weighted by Gasteiger charge is 2.17. The van der Waals surface area contributed by atoms with Gasteiger partial charge in [0.1, 0.15) is 0 Å². The van der Waals surface area contributed by atoms with Crippen molar-refractivity contribution >= 4 is 22.6 Å². The van der Waals surface area contributed by atoms with E-state index in [9.17, 15) is 0 Å². The Morgan fingerprint density at radius 1 is 1.67 bits per heavy atom. The molecule has 1 atom stereocenters. The van der Waals surface area contributed by atoms with Gasteiger partial charge in [0.2, 0.25) is 0 Å². The molecular weight excluding hydrogens is 170 g/mol. The molecule has 1 rings (SSSR count). The van der Waals surface area contributed by atoms with E-state index in [4.69, 9.17) is 5.73 Å². The fourth-order valence-corrected chi connectivity index (χ4v) is 1.43. The third-order valence-electron chi connectivity index (χ3n) is 2.13. The normalized spacial score (nSPS) is 28.3. The highest BCUT2D eigenvalue weighted by molar-refractivity contribution is 8.13. The molecule has 4 heteroatoms. The summed E-state index contributed by atoms with van der Waals surface area (Å²) in [5, 5.41) is 8.60. The summed E-state index contributed by atoms with van der Waals surface area (Å²) >= 11 is 1.43. The van der Waals surface area contributed by atoms with E-state index in [1.54, 1.807) is 0 Å². The summed E-state index contributed by atoms with van der Waals surface area (Å²) in [6, 6.07) is 0. The van der Waals surface area contributed by atoms with Gasteiger partial charge >= 0.3 is 0 Å². The van der Waals surface area contributed by atoms with Crippen LogP contribution in [0.25, 0.3) is 0 Å². The monoisotopic (exact) mass is 185 g/mol. The molecule has 1 aliphatic carbocycles. The lowest BCUT2D eigenvalue weighted by molar-refractivity contribution is 0.727. The Morgan fingerprint density at radius 3 is 2.92 bits per heavy atom. The first-order valence-electron chi connectivity index (χ1n) is 4.18. The number of rotatable bonds is 1. The summed E-state index contributed by atoms with van der Waals surface area (Å²) in [6.45, 7) is 2.19. The van der Waals surface area contributed by atoms with E-state index in [0.717, 1.165) is 6.42 Å². The summed E-state index contributed by atoms with van der Waals surface area (Å²) in [5.41, 5.74) is 6.70. The third kappa shape index (κ3) is 2.52. The average molecular weight is 185 g/mol. The predicted octanol–water partition coefficient (Wildman–Crippen LogP) is 1.84. The summed E-state index contributed by atoms with van der Waals surface area (Å²) in [7, 11) is 0. The van der Waals surface area contributed by atoms with Gasteiger partial charge in [0, 0.05) is 5.71 Å². The highest BCUT2D eigenvalue weighted by Crippen LogP contribution is 2.21. The molecule has 0 aromatic heterocycles. The van der Waals surface area contributed by atoms with E-state index in [2.05, 4.69) is 17.1 Å². The smallest absolute Gasteiger partial charge is 0.180 e. The maximum atomic E-state index is 5.50. The van der Waals surface area contributed by atoms with Crippen molar-refractivity contribution in [3.05, 3.63) is 0 Å². The molecule has 1 unspecified atom stereocenters. The topological polar surface area (TPSA) is 50.7 Å². The van der Waals surface area contributed by atoms with Gasteiger partial charge in [-0.05, 0) is 31.4 Å². The molecule has 2 N–H and O–H groups in total. The molecule has 1 fully saturated rings. The molecule has 68 valence electrons. The standard InChI is InChI=1S/C8H15N3S/c1-6-4-3-5-7(6)10-11-8(9)12-2/h6H,3-5H2,1-2H3,(H2,9,11)/b10-7+. The molecule has 3 nitrogen and oxygen atoms in total. The number of amidine groups is 1. The second kappa shape index (κ2) is 4.50. The molecule has 0 radical (unpaired) electrons. The summed E-state index contributed by atoms with van der Waals surface area (Å²) in [4.78, 5) is 0. The number of nitrogens with two attached hydrogens (primary N) is 1. The minimum absolute atomic E-state index is 0.543. The molecule has 0 spiro atoms. The van der Waals surface area contributed by atoms with E-state index in [0.29, 0.717) is 11.1 Å². The van der Waals surface area contributed by atoms with E-state index >= 15 is 0 Å². The minimum Gasteiger partial charge on any atom is -0.377 e. The molecule has 12 heavy (non-hydrogen) atoms. The Kier molecular flexibility index (Phi) is 3.59. The van der Waals surface area contributed by atoms with Gasteiger partial charge in [-0.25, -0.2) is 0 Å². The van der Waals surface area contributed by atoms with Gasteiger partial charge < -0.3 is 5.73 Å². The van der Waals surface area contributed by atoms with Gasteiger partial charge in [-0.3, -0.25) is 0 Å². The van der Waals surface area contributed by atoms with Crippen LogP contribution in [0.2, 0.25) is 0 Å². The predicted molar refractivity (Wildman–Crippen MR) is 55.6 cm³/mol. The molecule has 0 bridgehead atoms. The Bertz CT molecular complexity index is 210. The van der Waals surface area contributed by atoms with Crippen LogP contribution in [0.1, 0.15) is 26.2 Å². The second-order valence-corrected chi connectivity index (χ2v) is 3.85. The van der Waals surface area contributed by atoms with Crippen LogP contribution in [0.4, 0.5) is 0 Å². The molecule has 0 aromatic carbocycles. The van der Waals surface area contributed by atoms with E-state index in [1.807, 2.05) is 6.26 Å². The summed E-state index contributed by atoms with van der Waals surface area (Å²) < 4.78 is 0. The second-order valence-electron chi connectivity index (χ2n) is 3.03. The van der Waals surface area contributed by atoms with Gasteiger partial charge in [0.15, 0.2) is 5.17 Å². The van der Waals surface area contributed by atoms with Crippen LogP contribution in [-0.2, 0) is 0 Å². The molecule has 0 heterocycles. The van der Waals surface area contributed by atoms with Crippen molar-refractivity contribution in [3.8, 4) is 0 Å². The van der Waals surface area contributed by atoms with Crippen LogP contribution in [0.3, 0.4) is 0 Å². The van der Waals surface area contributed by atoms with Crippen molar-refractivity contribution in [2.45, 2.75) is 26.2 Å². The van der Waals surface area contributed by atoms with Crippen molar-refractivity contribution in [2.75, 3.05) is 6.26 Å². The van der Waals surface area contributed by atoms with Crippen LogP contribution >= 0.6 is 11.8 Å². The van der Waals surface area contributed by atoms with Crippen molar-refractivity contribution in [1.82, 2.24) is 0 Å². The molecule has 0 amide bonds. The van der Waals surface area contributed by atoms with Crippen molar-refractivity contribution in [3.63, 3.8) is 0 Å². The molecule has 1 aliphatic rings. The van der Waals surface area contributed by atoms with Crippen molar-refractivity contribution in [1.29, 1.82) is 0 Å². The molecular formula is C8H15N3S. The minimum atomic E-state index is 0.543. The largest absolute Gasteiger partial charge is 0.377 e. The van der Waals surface area contributed by atoms with Gasteiger partial charge in [0.25, 0.3) is 0 Å². The van der Waals surface area contributed by atoms with E-state index in [1.165, 1.54) is 30.3 Å². The lowest BCUT2D eigenvalue weighted by Crippen LogP contribution is -2.06. The number of thioether (sulfide) groups is 1. The average Bonchev–Trinajstić information content (AvgIpc) is 2.47. The quantitative estimate of drug-likeness (QED) is 0.385. The van der Waals surface area contributed by atoms with Crippen molar-refractivity contribution in [2.24, 2.45) is 21.9 Å². The zero-order valence-corrected chi connectivity index (χ0v) is 8.40. The number of hydrogen-bond donors (Lipinski definition) is 1. The fraction of sp³-hybridized carbons (Fsp3) is 0.750. The fourth-order valence-electron chi connectivity index (χ4n) is 1.31. The van der Waals surface area contributed by atoms with E-state index in [-0.39, 0.29) is 0 Å². The zero-order chi connectivity index (χ0) is 8.97. The molecule has 0 aromatic rings. The third-order valence-corrected chi connectivity index (χ3v) is 2.62. The maximum absolute atomic E-state index is 5.50. The SMILES string of the molecule is CS/C(N)=N/N=C1\CCCC1C. The van der Waals surface area contributed by atoms with Gasteiger partial charge in [-0.2, -0.15) is 5.10 Å². The first kappa shape index (κ1) is 9.58. The molecule has 0 aliphatic heterocycles. The van der Waals surface area contributed by atoms with Crippen LogP contribution in [0.15, 0.2) is 10.2 Å². The van der Waals surface area contributed by atoms with Crippen LogP contribution in [0.5, 0.6) is 0 Å². The number of nitrogens with zero attached hydrogens (tertiary/aromatic N) is 2. The Balaban J connectivity index is 2.56. The zero-order valence-electron chi connectivity index (χ0n) is 7.58. The van der Waals surface area contributed by atoms with Crippen LogP contribution in [0, 0.1) is 5.92 Å². The summed E-state index contributed by atoms with van der Waals surface area (Å²) in [5.74, 6) is 0.600. The Hall–Kier alpha value is -0.510. The van der Waals surface area contributed by atoms with E-state index < -0.39 is 0 Å². The van der Waals surface area contributed by atoms with Gasteiger partial charge in [0.05, 0.1) is 0 Å². The molecule has 1 saturated carbocycles. The Labute approximate surface area is 77.5 Å².